The second-order valence-corrected chi connectivity index (χ2v) is 6.39. The molecular weight excluding hydrogens is 260 g/mol. The quantitative estimate of drug-likeness (QED) is 0.940. The molecule has 3 unspecified atom stereocenters. The molecule has 3 heterocycles. The Balaban J connectivity index is 2.12. The van der Waals surface area contributed by atoms with Gasteiger partial charge in [-0.1, -0.05) is 13.0 Å². The van der Waals surface area contributed by atoms with Crippen molar-refractivity contribution in [2.75, 3.05) is 4.90 Å². The van der Waals surface area contributed by atoms with E-state index < -0.39 is 0 Å². The third-order valence-electron chi connectivity index (χ3n) is 4.62. The maximum Gasteiger partial charge on any atom is 0.151 e. The van der Waals surface area contributed by atoms with Gasteiger partial charge in [0.15, 0.2) is 5.82 Å². The third kappa shape index (κ3) is 2.53. The Morgan fingerprint density at radius 1 is 1.38 bits per heavy atom. The Hall–Kier alpha value is -1.55. The highest BCUT2D eigenvalue weighted by molar-refractivity contribution is 5.58. The molecule has 1 saturated heterocycles. The zero-order chi connectivity index (χ0) is 15.0. The molecule has 0 saturated carbocycles. The van der Waals surface area contributed by atoms with E-state index in [-0.39, 0.29) is 6.04 Å². The van der Waals surface area contributed by atoms with Crippen LogP contribution in [0.15, 0.2) is 24.4 Å². The van der Waals surface area contributed by atoms with Gasteiger partial charge >= 0.3 is 0 Å². The number of nitrogens with zero attached hydrogens (tertiary/aromatic N) is 3. The molecule has 2 N–H and O–H groups in total. The summed E-state index contributed by atoms with van der Waals surface area (Å²) in [6.45, 7) is 6.66. The van der Waals surface area contributed by atoms with Gasteiger partial charge in [0, 0.05) is 30.7 Å². The van der Waals surface area contributed by atoms with Crippen molar-refractivity contribution in [2.24, 2.45) is 5.73 Å². The summed E-state index contributed by atoms with van der Waals surface area (Å²) in [4.78, 5) is 7.46. The van der Waals surface area contributed by atoms with Crippen molar-refractivity contribution in [3.8, 4) is 0 Å². The van der Waals surface area contributed by atoms with Crippen LogP contribution in [-0.2, 0) is 6.42 Å². The molecule has 114 valence electrons. The molecule has 0 radical (unpaired) electrons. The average molecular weight is 286 g/mol. The summed E-state index contributed by atoms with van der Waals surface area (Å²) in [7, 11) is 0. The van der Waals surface area contributed by atoms with Gasteiger partial charge in [-0.05, 0) is 45.2 Å². The monoisotopic (exact) mass is 286 g/mol. The fourth-order valence-electron chi connectivity index (χ4n) is 3.59. The lowest BCUT2D eigenvalue weighted by Gasteiger charge is -2.29. The van der Waals surface area contributed by atoms with Crippen LogP contribution in [0, 0.1) is 0 Å². The lowest BCUT2D eigenvalue weighted by atomic mass is 10.1. The number of aromatic nitrogens is 2. The normalized spacial score (nSPS) is 23.9. The number of hydrogen-bond donors (Lipinski definition) is 1. The minimum absolute atomic E-state index is 0.141. The van der Waals surface area contributed by atoms with Crippen LogP contribution in [-0.4, -0.2) is 27.5 Å². The molecule has 1 aliphatic heterocycles. The van der Waals surface area contributed by atoms with Gasteiger partial charge in [0.2, 0.25) is 0 Å². The Morgan fingerprint density at radius 3 is 2.90 bits per heavy atom. The summed E-state index contributed by atoms with van der Waals surface area (Å²) in [6, 6.07) is 7.50. The Bertz CT molecular complexity index is 616. The summed E-state index contributed by atoms with van der Waals surface area (Å²) in [5, 5.41) is 0. The third-order valence-corrected chi connectivity index (χ3v) is 4.62. The van der Waals surface area contributed by atoms with Crippen molar-refractivity contribution >= 4 is 11.5 Å². The van der Waals surface area contributed by atoms with Crippen LogP contribution in [0.1, 0.15) is 45.7 Å². The molecule has 3 rings (SSSR count). The number of hydrogen-bond acceptors (Lipinski definition) is 3. The van der Waals surface area contributed by atoms with Crippen molar-refractivity contribution in [1.82, 2.24) is 9.38 Å². The van der Waals surface area contributed by atoms with Gasteiger partial charge in [-0.3, -0.25) is 0 Å². The second-order valence-electron chi connectivity index (χ2n) is 6.39. The van der Waals surface area contributed by atoms with E-state index >= 15 is 0 Å². The van der Waals surface area contributed by atoms with E-state index in [0.29, 0.717) is 12.1 Å². The molecule has 0 aromatic carbocycles. The number of pyridine rings is 1. The maximum absolute atomic E-state index is 6.08. The minimum Gasteiger partial charge on any atom is -0.349 e. The van der Waals surface area contributed by atoms with Crippen LogP contribution in [0.3, 0.4) is 0 Å². The van der Waals surface area contributed by atoms with E-state index in [0.717, 1.165) is 17.9 Å². The SMILES string of the molecule is CCC1CCC(C)N1c1nc2ccccn2c1CC(C)N. The lowest BCUT2D eigenvalue weighted by molar-refractivity contribution is 0.615. The largest absolute Gasteiger partial charge is 0.349 e. The maximum atomic E-state index is 6.08. The molecule has 1 aliphatic rings. The summed E-state index contributed by atoms with van der Waals surface area (Å²) in [6.07, 6.45) is 6.66. The van der Waals surface area contributed by atoms with E-state index in [4.69, 9.17) is 10.7 Å². The van der Waals surface area contributed by atoms with Crippen LogP contribution < -0.4 is 10.6 Å². The summed E-state index contributed by atoms with van der Waals surface area (Å²) in [5.41, 5.74) is 8.37. The van der Waals surface area contributed by atoms with Crippen molar-refractivity contribution in [1.29, 1.82) is 0 Å². The molecule has 2 aromatic heterocycles. The Labute approximate surface area is 127 Å². The molecule has 0 spiro atoms. The van der Waals surface area contributed by atoms with Gasteiger partial charge in [-0.25, -0.2) is 4.98 Å². The van der Waals surface area contributed by atoms with E-state index in [2.05, 4.69) is 48.4 Å². The van der Waals surface area contributed by atoms with Gasteiger partial charge in [-0.15, -0.1) is 0 Å². The highest BCUT2D eigenvalue weighted by atomic mass is 15.3. The number of anilines is 1. The number of nitrogens with two attached hydrogens (primary N) is 1. The zero-order valence-corrected chi connectivity index (χ0v) is 13.3. The fourth-order valence-corrected chi connectivity index (χ4v) is 3.59. The average Bonchev–Trinajstić information content (AvgIpc) is 2.99. The van der Waals surface area contributed by atoms with Gasteiger partial charge in [0.05, 0.1) is 5.69 Å². The van der Waals surface area contributed by atoms with Crippen molar-refractivity contribution in [3.05, 3.63) is 30.1 Å². The van der Waals surface area contributed by atoms with E-state index in [9.17, 15) is 0 Å². The predicted octanol–water partition coefficient (Wildman–Crippen LogP) is 2.99. The number of imidazole rings is 1. The minimum atomic E-state index is 0.141. The van der Waals surface area contributed by atoms with E-state index in [1.165, 1.54) is 25.0 Å². The van der Waals surface area contributed by atoms with Crippen LogP contribution in [0.4, 0.5) is 5.82 Å². The summed E-state index contributed by atoms with van der Waals surface area (Å²) >= 11 is 0. The first-order valence-corrected chi connectivity index (χ1v) is 8.11. The first-order chi connectivity index (χ1) is 10.1. The van der Waals surface area contributed by atoms with Crippen molar-refractivity contribution < 1.29 is 0 Å². The second kappa shape index (κ2) is 5.68. The van der Waals surface area contributed by atoms with Crippen LogP contribution in [0.2, 0.25) is 0 Å². The van der Waals surface area contributed by atoms with Crippen LogP contribution in [0.25, 0.3) is 5.65 Å². The van der Waals surface area contributed by atoms with E-state index in [1.54, 1.807) is 0 Å². The lowest BCUT2D eigenvalue weighted by Crippen LogP contribution is -2.35. The fraction of sp³-hybridized carbons (Fsp3) is 0.588. The topological polar surface area (TPSA) is 46.6 Å². The summed E-state index contributed by atoms with van der Waals surface area (Å²) < 4.78 is 2.20. The molecule has 0 aliphatic carbocycles. The molecule has 4 nitrogen and oxygen atoms in total. The molecule has 4 heteroatoms. The van der Waals surface area contributed by atoms with Gasteiger partial charge in [-0.2, -0.15) is 0 Å². The van der Waals surface area contributed by atoms with Gasteiger partial charge in [0.1, 0.15) is 5.65 Å². The van der Waals surface area contributed by atoms with Crippen LogP contribution >= 0.6 is 0 Å². The molecule has 1 fully saturated rings. The highest BCUT2D eigenvalue weighted by Crippen LogP contribution is 2.34. The van der Waals surface area contributed by atoms with Gasteiger partial charge < -0.3 is 15.0 Å². The molecule has 0 bridgehead atoms. The smallest absolute Gasteiger partial charge is 0.151 e. The van der Waals surface area contributed by atoms with Crippen molar-refractivity contribution in [3.63, 3.8) is 0 Å². The highest BCUT2D eigenvalue weighted by Gasteiger charge is 2.33. The molecule has 21 heavy (non-hydrogen) atoms. The molecule has 2 aromatic rings. The number of fused-ring (bicyclic) bond motifs is 1. The van der Waals surface area contributed by atoms with E-state index in [1.807, 2.05) is 6.07 Å². The van der Waals surface area contributed by atoms with Crippen molar-refractivity contribution in [2.45, 2.75) is 64.6 Å². The predicted molar refractivity (Wildman–Crippen MR) is 87.8 cm³/mol. The molecule has 3 atom stereocenters. The summed E-state index contributed by atoms with van der Waals surface area (Å²) in [5.74, 6) is 1.15. The van der Waals surface area contributed by atoms with Crippen LogP contribution in [0.5, 0.6) is 0 Å². The molecular formula is C17H26N4. The van der Waals surface area contributed by atoms with Gasteiger partial charge in [0.25, 0.3) is 0 Å². The Kier molecular flexibility index (Phi) is 3.89. The first kappa shape index (κ1) is 14.4. The standard InChI is InChI=1S/C17H26N4/c1-4-14-9-8-13(3)21(14)17-15(11-12(2)18)20-10-6-5-7-16(20)19-17/h5-7,10,12-14H,4,8-9,11,18H2,1-3H3. The number of rotatable bonds is 4. The zero-order valence-electron chi connectivity index (χ0n) is 13.3. The molecule has 0 amide bonds. The first-order valence-electron chi connectivity index (χ1n) is 8.11. The Morgan fingerprint density at radius 2 is 2.19 bits per heavy atom.